The molecule has 0 spiro atoms. The number of hydrogen-bond acceptors (Lipinski definition) is 5. The van der Waals surface area contributed by atoms with Crippen molar-refractivity contribution in [3.05, 3.63) is 0 Å². The van der Waals surface area contributed by atoms with Gasteiger partial charge in [0.25, 0.3) is 0 Å². The van der Waals surface area contributed by atoms with Crippen LogP contribution in [-0.4, -0.2) is 46.7 Å². The molecule has 4 saturated carbocycles. The van der Waals surface area contributed by atoms with E-state index in [0.717, 1.165) is 51.4 Å². The summed E-state index contributed by atoms with van der Waals surface area (Å²) in [6.07, 6.45) is 6.60. The van der Waals surface area contributed by atoms with Gasteiger partial charge in [-0.05, 0) is 97.7 Å². The molecule has 5 heteroatoms. The Morgan fingerprint density at radius 3 is 2.50 bits per heavy atom. The maximum Gasteiger partial charge on any atom is 0.305 e. The Bertz CT molecular complexity index is 651. The molecule has 0 amide bonds. The molecular weight excluding hydrogens is 380 g/mol. The Balaban J connectivity index is 1.58. The van der Waals surface area contributed by atoms with Crippen LogP contribution in [0.4, 0.5) is 0 Å². The highest BCUT2D eigenvalue weighted by atomic mass is 16.5. The normalized spacial score (nSPS) is 51.4. The zero-order chi connectivity index (χ0) is 21.8. The number of fused-ring (bicyclic) bond motifs is 5. The van der Waals surface area contributed by atoms with Gasteiger partial charge in [0.15, 0.2) is 0 Å². The van der Waals surface area contributed by atoms with Crippen LogP contribution in [0, 0.1) is 46.3 Å². The maximum absolute atomic E-state index is 11.7. The number of carbonyl (C=O) groups is 1. The standard InChI is InChI=1S/C25H42O5/c1-14(5-8-22(29)30-4)17-6-7-18-23-19(13-21(28)25(17,18)3)24(2)10-9-16(26)11-15(24)12-20(23)27/h14-21,23,26-28H,5-13H2,1-4H3/t14-,15?,16-,17?,18+,19+,20-,21+,23?,24?,25?/m1/s1. The molecule has 0 aliphatic heterocycles. The van der Waals surface area contributed by atoms with Gasteiger partial charge in [0.05, 0.1) is 25.4 Å². The van der Waals surface area contributed by atoms with E-state index in [-0.39, 0.29) is 41.0 Å². The van der Waals surface area contributed by atoms with Crippen LogP contribution in [0.1, 0.15) is 78.6 Å². The summed E-state index contributed by atoms with van der Waals surface area (Å²) < 4.78 is 4.83. The Labute approximate surface area is 181 Å². The fourth-order valence-electron chi connectivity index (χ4n) is 8.78. The molecule has 30 heavy (non-hydrogen) atoms. The average Bonchev–Trinajstić information content (AvgIpc) is 3.06. The van der Waals surface area contributed by atoms with Crippen molar-refractivity contribution >= 4 is 5.97 Å². The van der Waals surface area contributed by atoms with Gasteiger partial charge >= 0.3 is 5.97 Å². The van der Waals surface area contributed by atoms with E-state index in [0.29, 0.717) is 36.0 Å². The molecule has 3 N–H and O–H groups in total. The van der Waals surface area contributed by atoms with E-state index in [9.17, 15) is 20.1 Å². The Morgan fingerprint density at radius 2 is 1.80 bits per heavy atom. The van der Waals surface area contributed by atoms with Gasteiger partial charge in [-0.1, -0.05) is 20.8 Å². The van der Waals surface area contributed by atoms with Gasteiger partial charge in [-0.25, -0.2) is 0 Å². The molecule has 0 bridgehead atoms. The van der Waals surface area contributed by atoms with E-state index < -0.39 is 0 Å². The van der Waals surface area contributed by atoms with Crippen molar-refractivity contribution < 1.29 is 24.9 Å². The van der Waals surface area contributed by atoms with Crippen LogP contribution in [0.15, 0.2) is 0 Å². The van der Waals surface area contributed by atoms with Crippen molar-refractivity contribution in [1.82, 2.24) is 0 Å². The number of rotatable bonds is 4. The zero-order valence-electron chi connectivity index (χ0n) is 19.2. The highest BCUT2D eigenvalue weighted by Gasteiger charge is 2.65. The molecule has 0 aromatic heterocycles. The first-order valence-corrected chi connectivity index (χ1v) is 12.2. The van der Waals surface area contributed by atoms with E-state index in [1.807, 2.05) is 0 Å². The van der Waals surface area contributed by atoms with E-state index in [2.05, 4.69) is 20.8 Å². The minimum absolute atomic E-state index is 0.111. The van der Waals surface area contributed by atoms with Crippen LogP contribution in [0.2, 0.25) is 0 Å². The second-order valence-electron chi connectivity index (χ2n) is 11.6. The number of hydrogen-bond donors (Lipinski definition) is 3. The molecule has 11 atom stereocenters. The Kier molecular flexibility index (Phi) is 6.04. The number of carbonyl (C=O) groups excluding carboxylic acids is 1. The van der Waals surface area contributed by atoms with Crippen LogP contribution >= 0.6 is 0 Å². The van der Waals surface area contributed by atoms with E-state index >= 15 is 0 Å². The first-order valence-electron chi connectivity index (χ1n) is 12.2. The highest BCUT2D eigenvalue weighted by Crippen LogP contribution is 2.68. The molecule has 4 aliphatic rings. The van der Waals surface area contributed by atoms with Crippen molar-refractivity contribution in [2.24, 2.45) is 46.3 Å². The number of ether oxygens (including phenoxy) is 1. The monoisotopic (exact) mass is 422 g/mol. The van der Waals surface area contributed by atoms with Crippen molar-refractivity contribution in [1.29, 1.82) is 0 Å². The van der Waals surface area contributed by atoms with Gasteiger partial charge in [0.2, 0.25) is 0 Å². The summed E-state index contributed by atoms with van der Waals surface area (Å²) in [5, 5.41) is 33.1. The molecule has 4 aliphatic carbocycles. The van der Waals surface area contributed by atoms with E-state index in [1.165, 1.54) is 7.11 Å². The smallest absolute Gasteiger partial charge is 0.305 e. The Morgan fingerprint density at radius 1 is 1.07 bits per heavy atom. The number of aliphatic hydroxyl groups is 3. The van der Waals surface area contributed by atoms with Crippen LogP contribution in [0.25, 0.3) is 0 Å². The summed E-state index contributed by atoms with van der Waals surface area (Å²) in [6, 6.07) is 0. The van der Waals surface area contributed by atoms with Crippen LogP contribution in [0.3, 0.4) is 0 Å². The van der Waals surface area contributed by atoms with Gasteiger partial charge in [-0.15, -0.1) is 0 Å². The SMILES string of the molecule is COC(=O)CC[C@@H](C)C1CC[C@H]2C3[C@H](O)CC4C[C@H](O)CCC4(C)[C@H]3C[C@H](O)C12C. The van der Waals surface area contributed by atoms with E-state index in [4.69, 9.17) is 4.74 Å². The quantitative estimate of drug-likeness (QED) is 0.603. The summed E-state index contributed by atoms with van der Waals surface area (Å²) in [5.74, 6) is 1.81. The van der Waals surface area contributed by atoms with Crippen LogP contribution in [0.5, 0.6) is 0 Å². The first kappa shape index (κ1) is 22.5. The summed E-state index contributed by atoms with van der Waals surface area (Å²) in [4.78, 5) is 11.7. The largest absolute Gasteiger partial charge is 0.469 e. The van der Waals surface area contributed by atoms with Crippen molar-refractivity contribution in [3.63, 3.8) is 0 Å². The molecule has 0 saturated heterocycles. The van der Waals surface area contributed by atoms with Gasteiger partial charge < -0.3 is 20.1 Å². The lowest BCUT2D eigenvalue weighted by Gasteiger charge is -2.63. The molecule has 0 radical (unpaired) electrons. The lowest BCUT2D eigenvalue weighted by molar-refractivity contribution is -0.207. The van der Waals surface area contributed by atoms with Gasteiger partial charge in [0, 0.05) is 6.42 Å². The fourth-order valence-corrected chi connectivity index (χ4v) is 8.78. The van der Waals surface area contributed by atoms with Crippen molar-refractivity contribution in [3.8, 4) is 0 Å². The molecule has 4 fully saturated rings. The van der Waals surface area contributed by atoms with Gasteiger partial charge in [-0.2, -0.15) is 0 Å². The minimum atomic E-state index is -0.369. The zero-order valence-corrected chi connectivity index (χ0v) is 19.2. The molecule has 0 aromatic rings. The Hall–Kier alpha value is -0.650. The molecule has 0 aromatic carbocycles. The summed E-state index contributed by atoms with van der Waals surface area (Å²) in [7, 11) is 1.44. The topological polar surface area (TPSA) is 87.0 Å². The minimum Gasteiger partial charge on any atom is -0.469 e. The molecule has 5 unspecified atom stereocenters. The molecular formula is C25H42O5. The second kappa shape index (κ2) is 8.04. The van der Waals surface area contributed by atoms with Crippen molar-refractivity contribution in [2.75, 3.05) is 7.11 Å². The maximum atomic E-state index is 11.7. The first-order chi connectivity index (χ1) is 14.1. The lowest BCUT2D eigenvalue weighted by Crippen LogP contribution is -2.62. The summed E-state index contributed by atoms with van der Waals surface area (Å²) in [6.45, 7) is 6.85. The second-order valence-corrected chi connectivity index (χ2v) is 11.6. The third-order valence-corrected chi connectivity index (χ3v) is 10.6. The molecule has 4 rings (SSSR count). The van der Waals surface area contributed by atoms with Crippen LogP contribution in [-0.2, 0) is 9.53 Å². The molecule has 172 valence electrons. The third kappa shape index (κ3) is 3.34. The molecule has 5 nitrogen and oxygen atoms in total. The predicted molar refractivity (Wildman–Crippen MR) is 114 cm³/mol. The fraction of sp³-hybridized carbons (Fsp3) is 0.960. The van der Waals surface area contributed by atoms with E-state index in [1.54, 1.807) is 0 Å². The van der Waals surface area contributed by atoms with Gasteiger partial charge in [-0.3, -0.25) is 4.79 Å². The number of aliphatic hydroxyl groups excluding tert-OH is 3. The van der Waals surface area contributed by atoms with Crippen molar-refractivity contribution in [2.45, 2.75) is 96.9 Å². The average molecular weight is 423 g/mol. The summed E-state index contributed by atoms with van der Waals surface area (Å²) >= 11 is 0. The number of methoxy groups -OCH3 is 1. The third-order valence-electron chi connectivity index (χ3n) is 10.6. The number of esters is 1. The van der Waals surface area contributed by atoms with Gasteiger partial charge in [0.1, 0.15) is 0 Å². The highest BCUT2D eigenvalue weighted by molar-refractivity contribution is 5.69. The predicted octanol–water partition coefficient (Wildman–Crippen LogP) is 3.54. The molecule has 0 heterocycles. The van der Waals surface area contributed by atoms with Crippen LogP contribution < -0.4 is 0 Å². The lowest BCUT2D eigenvalue weighted by atomic mass is 9.43. The summed E-state index contributed by atoms with van der Waals surface area (Å²) in [5.41, 5.74) is -0.0882.